The van der Waals surface area contributed by atoms with Gasteiger partial charge in [0.1, 0.15) is 0 Å². The van der Waals surface area contributed by atoms with Crippen LogP contribution in [0.1, 0.15) is 17.0 Å². The maximum absolute atomic E-state index is 5.52. The summed E-state index contributed by atoms with van der Waals surface area (Å²) in [5.74, 6) is 3.16. The summed E-state index contributed by atoms with van der Waals surface area (Å²) in [6.07, 6.45) is 0.717. The van der Waals surface area contributed by atoms with Crippen molar-refractivity contribution in [2.24, 2.45) is 0 Å². The average molecular weight is 358 g/mol. The van der Waals surface area contributed by atoms with Gasteiger partial charge in [-0.15, -0.1) is 12.4 Å². The van der Waals surface area contributed by atoms with Gasteiger partial charge in [0.25, 0.3) is 0 Å². The average Bonchev–Trinajstić information content (AvgIpc) is 3.20. The predicted molar refractivity (Wildman–Crippen MR) is 95.2 cm³/mol. The minimum atomic E-state index is 0. The van der Waals surface area contributed by atoms with Crippen LogP contribution >= 0.6 is 12.4 Å². The number of hydrogen-bond donors (Lipinski definition) is 0. The molecule has 0 unspecified atom stereocenters. The number of nitrogens with zero attached hydrogens (tertiary/aromatic N) is 1. The molecule has 2 aliphatic rings. The van der Waals surface area contributed by atoms with E-state index < -0.39 is 0 Å². The number of aryl methyl sites for hydroxylation is 1. The predicted octanol–water partition coefficient (Wildman–Crippen LogP) is 4.01. The molecule has 5 nitrogen and oxygen atoms in total. The Morgan fingerprint density at radius 2 is 1.52 bits per heavy atom. The second-order valence-electron chi connectivity index (χ2n) is 6.00. The number of rotatable bonds is 2. The molecule has 5 rings (SSSR count). The highest BCUT2D eigenvalue weighted by atomic mass is 35.5. The molecule has 0 fully saturated rings. The molecule has 0 spiro atoms. The first-order valence-electron chi connectivity index (χ1n) is 7.85. The van der Waals surface area contributed by atoms with Gasteiger partial charge in [0.2, 0.25) is 13.6 Å². The van der Waals surface area contributed by atoms with Gasteiger partial charge < -0.3 is 18.9 Å². The zero-order valence-corrected chi connectivity index (χ0v) is 14.4. The maximum Gasteiger partial charge on any atom is 0.231 e. The quantitative estimate of drug-likeness (QED) is 0.693. The van der Waals surface area contributed by atoms with E-state index in [1.54, 1.807) is 0 Å². The van der Waals surface area contributed by atoms with Gasteiger partial charge in [0.15, 0.2) is 23.0 Å². The van der Waals surface area contributed by atoms with E-state index in [0.717, 1.165) is 50.7 Å². The second kappa shape index (κ2) is 6.01. The summed E-state index contributed by atoms with van der Waals surface area (Å²) >= 11 is 0. The molecule has 0 saturated heterocycles. The van der Waals surface area contributed by atoms with E-state index >= 15 is 0 Å². The van der Waals surface area contributed by atoms with Gasteiger partial charge >= 0.3 is 0 Å². The summed E-state index contributed by atoms with van der Waals surface area (Å²) in [6, 6.07) is 12.1. The van der Waals surface area contributed by atoms with Gasteiger partial charge in [-0.25, -0.2) is 0 Å². The van der Waals surface area contributed by atoms with Crippen LogP contribution in [0, 0.1) is 6.92 Å². The molecule has 6 heteroatoms. The van der Waals surface area contributed by atoms with Crippen LogP contribution in [0.15, 0.2) is 36.4 Å². The van der Waals surface area contributed by atoms with Crippen LogP contribution in [-0.2, 0) is 6.42 Å². The third-order valence-corrected chi connectivity index (χ3v) is 4.34. The molecule has 25 heavy (non-hydrogen) atoms. The third-order valence-electron chi connectivity index (χ3n) is 4.34. The highest BCUT2D eigenvalue weighted by molar-refractivity contribution is 5.88. The molecular formula is C19H16ClNO4. The van der Waals surface area contributed by atoms with Gasteiger partial charge in [0, 0.05) is 17.5 Å². The van der Waals surface area contributed by atoms with Crippen molar-refractivity contribution in [1.29, 1.82) is 0 Å². The number of ether oxygens (including phenoxy) is 4. The summed E-state index contributed by atoms with van der Waals surface area (Å²) in [4.78, 5) is 4.75. The molecule has 0 atom stereocenters. The fourth-order valence-corrected chi connectivity index (χ4v) is 3.24. The molecule has 3 heterocycles. The highest BCUT2D eigenvalue weighted by Crippen LogP contribution is 2.38. The Morgan fingerprint density at radius 1 is 0.840 bits per heavy atom. The molecule has 1 aromatic heterocycles. The van der Waals surface area contributed by atoms with Crippen LogP contribution in [0.4, 0.5) is 0 Å². The van der Waals surface area contributed by atoms with E-state index in [0.29, 0.717) is 6.42 Å². The monoisotopic (exact) mass is 357 g/mol. The Morgan fingerprint density at radius 3 is 2.32 bits per heavy atom. The molecule has 0 N–H and O–H groups in total. The zero-order chi connectivity index (χ0) is 16.1. The molecule has 128 valence electrons. The third kappa shape index (κ3) is 2.70. The van der Waals surface area contributed by atoms with Crippen LogP contribution in [0.2, 0.25) is 0 Å². The molecule has 2 aromatic carbocycles. The zero-order valence-electron chi connectivity index (χ0n) is 13.6. The van der Waals surface area contributed by atoms with Crippen molar-refractivity contribution < 1.29 is 18.9 Å². The summed E-state index contributed by atoms with van der Waals surface area (Å²) < 4.78 is 21.8. The Kier molecular flexibility index (Phi) is 3.81. The molecular weight excluding hydrogens is 342 g/mol. The fraction of sp³-hybridized carbons (Fsp3) is 0.211. The van der Waals surface area contributed by atoms with E-state index in [9.17, 15) is 0 Å². The van der Waals surface area contributed by atoms with Crippen molar-refractivity contribution in [3.05, 3.63) is 53.3 Å². The van der Waals surface area contributed by atoms with Gasteiger partial charge in [-0.2, -0.15) is 0 Å². The number of pyridine rings is 1. The number of aromatic nitrogens is 1. The number of fused-ring (bicyclic) bond motifs is 3. The van der Waals surface area contributed by atoms with Crippen molar-refractivity contribution in [2.75, 3.05) is 13.6 Å². The van der Waals surface area contributed by atoms with Crippen molar-refractivity contribution in [2.45, 2.75) is 13.3 Å². The SMILES string of the molecule is Cc1cc2cc3c(cc2c(Cc2ccc4c(c2)OCO4)n1)OCO3.Cl. The van der Waals surface area contributed by atoms with Crippen molar-refractivity contribution in [3.8, 4) is 23.0 Å². The van der Waals surface area contributed by atoms with E-state index in [4.69, 9.17) is 23.9 Å². The summed E-state index contributed by atoms with van der Waals surface area (Å²) in [5, 5.41) is 2.20. The van der Waals surface area contributed by atoms with Crippen molar-refractivity contribution in [1.82, 2.24) is 4.98 Å². The van der Waals surface area contributed by atoms with E-state index in [1.807, 2.05) is 31.2 Å². The minimum Gasteiger partial charge on any atom is -0.454 e. The lowest BCUT2D eigenvalue weighted by Crippen LogP contribution is -1.97. The van der Waals surface area contributed by atoms with Crippen molar-refractivity contribution >= 4 is 23.2 Å². The summed E-state index contributed by atoms with van der Waals surface area (Å²) in [5.41, 5.74) is 3.13. The topological polar surface area (TPSA) is 49.8 Å². The van der Waals surface area contributed by atoms with Crippen LogP contribution in [0.5, 0.6) is 23.0 Å². The molecule has 3 aromatic rings. The largest absolute Gasteiger partial charge is 0.454 e. The van der Waals surface area contributed by atoms with Gasteiger partial charge in [-0.3, -0.25) is 4.98 Å². The lowest BCUT2D eigenvalue weighted by Gasteiger charge is -2.09. The highest BCUT2D eigenvalue weighted by Gasteiger charge is 2.18. The Labute approximate surface area is 150 Å². The molecule has 0 amide bonds. The van der Waals surface area contributed by atoms with Crippen LogP contribution in [-0.4, -0.2) is 18.6 Å². The molecule has 0 bridgehead atoms. The van der Waals surface area contributed by atoms with E-state index in [1.165, 1.54) is 0 Å². The van der Waals surface area contributed by atoms with E-state index in [-0.39, 0.29) is 26.0 Å². The van der Waals surface area contributed by atoms with Crippen LogP contribution < -0.4 is 18.9 Å². The Bertz CT molecular complexity index is 973. The Hall–Kier alpha value is -2.66. The normalized spacial score (nSPS) is 13.8. The molecule has 0 saturated carbocycles. The minimum absolute atomic E-state index is 0. The summed E-state index contributed by atoms with van der Waals surface area (Å²) in [7, 11) is 0. The lowest BCUT2D eigenvalue weighted by atomic mass is 10.0. The first-order valence-corrected chi connectivity index (χ1v) is 7.85. The smallest absolute Gasteiger partial charge is 0.231 e. The summed E-state index contributed by atoms with van der Waals surface area (Å²) in [6.45, 7) is 2.57. The van der Waals surface area contributed by atoms with Gasteiger partial charge in [0.05, 0.1) is 5.69 Å². The standard InChI is InChI=1S/C19H15NO4.ClH/c1-11-4-13-7-18-19(24-10-23-18)8-14(13)15(20-11)5-12-2-3-16-17(6-12)22-9-21-16;/h2-4,6-8H,5,9-10H2,1H3;1H. The second-order valence-corrected chi connectivity index (χ2v) is 6.00. The van der Waals surface area contributed by atoms with Gasteiger partial charge in [-0.1, -0.05) is 6.07 Å². The van der Waals surface area contributed by atoms with Crippen LogP contribution in [0.3, 0.4) is 0 Å². The van der Waals surface area contributed by atoms with Crippen LogP contribution in [0.25, 0.3) is 10.8 Å². The molecule has 2 aliphatic heterocycles. The fourth-order valence-electron chi connectivity index (χ4n) is 3.24. The first kappa shape index (κ1) is 15.8. The molecule has 0 aliphatic carbocycles. The number of hydrogen-bond acceptors (Lipinski definition) is 5. The molecule has 0 radical (unpaired) electrons. The first-order chi connectivity index (χ1) is 11.8. The number of halogens is 1. The lowest BCUT2D eigenvalue weighted by molar-refractivity contribution is 0.173. The van der Waals surface area contributed by atoms with Gasteiger partial charge in [-0.05, 0) is 48.2 Å². The van der Waals surface area contributed by atoms with E-state index in [2.05, 4.69) is 12.1 Å². The Balaban J connectivity index is 0.00000157. The maximum atomic E-state index is 5.52. The number of benzene rings is 2. The van der Waals surface area contributed by atoms with Crippen molar-refractivity contribution in [3.63, 3.8) is 0 Å².